The lowest BCUT2D eigenvalue weighted by atomic mass is 9.96. The van der Waals surface area contributed by atoms with Crippen molar-refractivity contribution in [3.63, 3.8) is 0 Å². The first-order valence-electron chi connectivity index (χ1n) is 3.86. The van der Waals surface area contributed by atoms with Crippen LogP contribution in [0.1, 0.15) is 26.7 Å². The van der Waals surface area contributed by atoms with Crippen LogP contribution in [-0.4, -0.2) is 12.6 Å². The molecule has 0 spiro atoms. The summed E-state index contributed by atoms with van der Waals surface area (Å²) in [4.78, 5) is 0. The molecule has 0 aromatic rings. The summed E-state index contributed by atoms with van der Waals surface area (Å²) in [6.07, 6.45) is 1.99. The van der Waals surface area contributed by atoms with Gasteiger partial charge in [0.2, 0.25) is 0 Å². The second-order valence-electron chi connectivity index (χ2n) is 2.92. The monoisotopic (exact) mass is 166 g/mol. The molecule has 62 valence electrons. The van der Waals surface area contributed by atoms with Crippen molar-refractivity contribution in [1.82, 2.24) is 0 Å². The van der Waals surface area contributed by atoms with Crippen LogP contribution in [0.15, 0.2) is 0 Å². The average Bonchev–Trinajstić information content (AvgIpc) is 1.99. The second kappa shape index (κ2) is 5.96. The molecule has 0 nitrogen and oxygen atoms in total. The highest BCUT2D eigenvalue weighted by atomic mass is 35.5. The van der Waals surface area contributed by atoms with E-state index in [1.807, 2.05) is 6.92 Å². The SMILES string of the molecule is CC[C@H](CCl)C[C@H](C)CF. The predicted octanol–water partition coefficient (Wildman–Crippen LogP) is 3.25. The van der Waals surface area contributed by atoms with Gasteiger partial charge in [0.25, 0.3) is 0 Å². The van der Waals surface area contributed by atoms with Crippen molar-refractivity contribution in [1.29, 1.82) is 0 Å². The van der Waals surface area contributed by atoms with Gasteiger partial charge in [-0.2, -0.15) is 0 Å². The molecule has 0 aliphatic rings. The van der Waals surface area contributed by atoms with E-state index in [0.717, 1.165) is 12.8 Å². The molecule has 0 unspecified atom stereocenters. The minimum Gasteiger partial charge on any atom is -0.251 e. The maximum atomic E-state index is 12.0. The minimum atomic E-state index is -0.215. The van der Waals surface area contributed by atoms with Crippen molar-refractivity contribution in [3.05, 3.63) is 0 Å². The molecule has 10 heavy (non-hydrogen) atoms. The number of hydrogen-bond donors (Lipinski definition) is 0. The Kier molecular flexibility index (Phi) is 6.10. The third kappa shape index (κ3) is 4.10. The molecular weight excluding hydrogens is 151 g/mol. The molecule has 2 heteroatoms. The number of halogens is 2. The lowest BCUT2D eigenvalue weighted by Crippen LogP contribution is -2.08. The van der Waals surface area contributed by atoms with E-state index in [-0.39, 0.29) is 12.6 Å². The second-order valence-corrected chi connectivity index (χ2v) is 3.23. The Labute approximate surface area is 67.8 Å². The molecule has 0 aromatic carbocycles. The van der Waals surface area contributed by atoms with E-state index in [1.54, 1.807) is 0 Å². The quantitative estimate of drug-likeness (QED) is 0.550. The highest BCUT2D eigenvalue weighted by Crippen LogP contribution is 2.16. The van der Waals surface area contributed by atoms with Crippen LogP contribution >= 0.6 is 11.6 Å². The molecule has 0 aliphatic carbocycles. The Morgan fingerprint density at radius 1 is 1.50 bits per heavy atom. The molecule has 0 N–H and O–H groups in total. The van der Waals surface area contributed by atoms with Crippen LogP contribution in [0.25, 0.3) is 0 Å². The Morgan fingerprint density at radius 2 is 2.10 bits per heavy atom. The van der Waals surface area contributed by atoms with Crippen molar-refractivity contribution in [2.24, 2.45) is 11.8 Å². The molecule has 2 atom stereocenters. The van der Waals surface area contributed by atoms with Gasteiger partial charge in [-0.3, -0.25) is 4.39 Å². The first kappa shape index (κ1) is 10.2. The van der Waals surface area contributed by atoms with Gasteiger partial charge in [-0.05, 0) is 18.3 Å². The zero-order chi connectivity index (χ0) is 7.98. The molecule has 0 saturated carbocycles. The van der Waals surface area contributed by atoms with E-state index in [1.165, 1.54) is 0 Å². The van der Waals surface area contributed by atoms with Gasteiger partial charge in [0.1, 0.15) is 0 Å². The van der Waals surface area contributed by atoms with E-state index in [0.29, 0.717) is 11.8 Å². The van der Waals surface area contributed by atoms with Crippen LogP contribution in [0.5, 0.6) is 0 Å². The molecule has 0 fully saturated rings. The van der Waals surface area contributed by atoms with Crippen LogP contribution in [0.3, 0.4) is 0 Å². The maximum absolute atomic E-state index is 12.0. The summed E-state index contributed by atoms with van der Waals surface area (Å²) >= 11 is 5.65. The maximum Gasteiger partial charge on any atom is 0.0920 e. The Morgan fingerprint density at radius 3 is 2.40 bits per heavy atom. The summed E-state index contributed by atoms with van der Waals surface area (Å²) in [5.41, 5.74) is 0. The van der Waals surface area contributed by atoms with Crippen LogP contribution in [0.2, 0.25) is 0 Å². The third-order valence-corrected chi connectivity index (χ3v) is 2.23. The van der Waals surface area contributed by atoms with Gasteiger partial charge >= 0.3 is 0 Å². The fourth-order valence-corrected chi connectivity index (χ4v) is 1.32. The first-order chi connectivity index (χ1) is 4.74. The lowest BCUT2D eigenvalue weighted by molar-refractivity contribution is 0.322. The molecular formula is C8H16ClF. The molecule has 0 amide bonds. The van der Waals surface area contributed by atoms with Crippen molar-refractivity contribution < 1.29 is 4.39 Å². The summed E-state index contributed by atoms with van der Waals surface area (Å²) < 4.78 is 12.0. The van der Waals surface area contributed by atoms with Crippen molar-refractivity contribution >= 4 is 11.6 Å². The third-order valence-electron chi connectivity index (χ3n) is 1.79. The molecule has 0 bridgehead atoms. The highest BCUT2D eigenvalue weighted by Gasteiger charge is 2.09. The van der Waals surface area contributed by atoms with E-state index < -0.39 is 0 Å². The molecule has 0 radical (unpaired) electrons. The van der Waals surface area contributed by atoms with Gasteiger partial charge < -0.3 is 0 Å². The summed E-state index contributed by atoms with van der Waals surface area (Å²) in [5, 5.41) is 0. The van der Waals surface area contributed by atoms with Gasteiger partial charge in [0.05, 0.1) is 6.67 Å². The zero-order valence-electron chi connectivity index (χ0n) is 6.74. The molecule has 0 aliphatic heterocycles. The largest absolute Gasteiger partial charge is 0.251 e. The van der Waals surface area contributed by atoms with Gasteiger partial charge in [0, 0.05) is 5.88 Å². The summed E-state index contributed by atoms with van der Waals surface area (Å²) in [5.74, 6) is 1.36. The molecule has 0 heterocycles. The normalized spacial score (nSPS) is 16.8. The van der Waals surface area contributed by atoms with Gasteiger partial charge in [-0.15, -0.1) is 11.6 Å². The van der Waals surface area contributed by atoms with Crippen LogP contribution in [0.4, 0.5) is 4.39 Å². The van der Waals surface area contributed by atoms with Crippen molar-refractivity contribution in [2.75, 3.05) is 12.6 Å². The lowest BCUT2D eigenvalue weighted by Gasteiger charge is -2.13. The molecule has 0 rings (SSSR count). The fourth-order valence-electron chi connectivity index (χ4n) is 0.971. The smallest absolute Gasteiger partial charge is 0.0920 e. The van der Waals surface area contributed by atoms with Crippen molar-refractivity contribution in [3.8, 4) is 0 Å². The van der Waals surface area contributed by atoms with Crippen LogP contribution in [0, 0.1) is 11.8 Å². The summed E-state index contributed by atoms with van der Waals surface area (Å²) in [6, 6.07) is 0. The molecule has 0 aromatic heterocycles. The standard InChI is InChI=1S/C8H16ClF/c1-3-8(5-9)4-7(2)6-10/h7-8H,3-6H2,1-2H3/t7-,8-/m0/s1. The average molecular weight is 167 g/mol. The molecule has 0 saturated heterocycles. The van der Waals surface area contributed by atoms with Crippen LogP contribution < -0.4 is 0 Å². The number of alkyl halides is 2. The highest BCUT2D eigenvalue weighted by molar-refractivity contribution is 6.18. The predicted molar refractivity (Wildman–Crippen MR) is 44.3 cm³/mol. The number of hydrogen-bond acceptors (Lipinski definition) is 0. The Balaban J connectivity index is 3.41. The van der Waals surface area contributed by atoms with Gasteiger partial charge in [-0.1, -0.05) is 20.3 Å². The summed E-state index contributed by atoms with van der Waals surface area (Å²) in [6.45, 7) is 3.81. The number of rotatable bonds is 5. The fraction of sp³-hybridized carbons (Fsp3) is 1.00. The topological polar surface area (TPSA) is 0 Å². The van der Waals surface area contributed by atoms with Gasteiger partial charge in [-0.25, -0.2) is 0 Å². The summed E-state index contributed by atoms with van der Waals surface area (Å²) in [7, 11) is 0. The zero-order valence-corrected chi connectivity index (χ0v) is 7.49. The van der Waals surface area contributed by atoms with Crippen molar-refractivity contribution in [2.45, 2.75) is 26.7 Å². The Hall–Kier alpha value is 0.220. The van der Waals surface area contributed by atoms with Crippen LogP contribution in [-0.2, 0) is 0 Å². The first-order valence-corrected chi connectivity index (χ1v) is 4.39. The Bertz CT molecular complexity index is 71.7. The van der Waals surface area contributed by atoms with E-state index in [4.69, 9.17) is 11.6 Å². The van der Waals surface area contributed by atoms with E-state index >= 15 is 0 Å². The van der Waals surface area contributed by atoms with Gasteiger partial charge in [0.15, 0.2) is 0 Å². The van der Waals surface area contributed by atoms with E-state index in [2.05, 4.69) is 6.92 Å². The van der Waals surface area contributed by atoms with E-state index in [9.17, 15) is 4.39 Å². The minimum absolute atomic E-state index is 0.184.